The second kappa shape index (κ2) is 6.38. The third kappa shape index (κ3) is 3.01. The predicted molar refractivity (Wildman–Crippen MR) is 91.9 cm³/mol. The SMILES string of the molecule is Cc1ccc(-c2ccc(C(=O)N3C[C@H]4CNC[C@H]4C3)cc2)o1.Cl. The van der Waals surface area contributed by atoms with Gasteiger partial charge in [-0.05, 0) is 43.0 Å². The topological polar surface area (TPSA) is 45.5 Å². The summed E-state index contributed by atoms with van der Waals surface area (Å²) in [4.78, 5) is 14.6. The first-order chi connectivity index (χ1) is 10.7. The van der Waals surface area contributed by atoms with E-state index in [1.807, 2.05) is 48.2 Å². The molecule has 3 heterocycles. The summed E-state index contributed by atoms with van der Waals surface area (Å²) >= 11 is 0. The van der Waals surface area contributed by atoms with Gasteiger partial charge in [0.25, 0.3) is 5.91 Å². The van der Waals surface area contributed by atoms with Crippen LogP contribution in [0, 0.1) is 18.8 Å². The lowest BCUT2D eigenvalue weighted by Gasteiger charge is -2.17. The number of likely N-dealkylation sites (tertiary alicyclic amines) is 1. The Bertz CT molecular complexity index is 683. The van der Waals surface area contributed by atoms with Gasteiger partial charge in [-0.2, -0.15) is 0 Å². The Labute approximate surface area is 142 Å². The predicted octanol–water partition coefficient (Wildman–Crippen LogP) is 2.97. The molecule has 0 saturated carbocycles. The van der Waals surface area contributed by atoms with Crippen molar-refractivity contribution in [1.82, 2.24) is 10.2 Å². The summed E-state index contributed by atoms with van der Waals surface area (Å²) in [5, 5.41) is 3.40. The van der Waals surface area contributed by atoms with Crippen LogP contribution in [0.15, 0.2) is 40.8 Å². The first-order valence-electron chi connectivity index (χ1n) is 7.87. The minimum atomic E-state index is 0. The highest BCUT2D eigenvalue weighted by atomic mass is 35.5. The molecule has 2 atom stereocenters. The lowest BCUT2D eigenvalue weighted by Crippen LogP contribution is -2.31. The van der Waals surface area contributed by atoms with E-state index in [1.54, 1.807) is 0 Å². The zero-order chi connectivity index (χ0) is 15.1. The van der Waals surface area contributed by atoms with Gasteiger partial charge in [-0.25, -0.2) is 0 Å². The molecular weight excluding hydrogens is 312 g/mol. The number of rotatable bonds is 2. The Morgan fingerprint density at radius 2 is 1.74 bits per heavy atom. The number of fused-ring (bicyclic) bond motifs is 1. The van der Waals surface area contributed by atoms with Crippen molar-refractivity contribution in [2.24, 2.45) is 11.8 Å². The third-order valence-electron chi connectivity index (χ3n) is 4.83. The fraction of sp³-hybridized carbons (Fsp3) is 0.389. The average molecular weight is 333 g/mol. The number of aryl methyl sites for hydroxylation is 1. The molecule has 4 rings (SSSR count). The van der Waals surface area contributed by atoms with Crippen LogP contribution in [0.4, 0.5) is 0 Å². The molecule has 4 nitrogen and oxygen atoms in total. The molecule has 0 unspecified atom stereocenters. The van der Waals surface area contributed by atoms with Crippen LogP contribution in [-0.2, 0) is 0 Å². The van der Waals surface area contributed by atoms with E-state index in [2.05, 4.69) is 5.32 Å². The summed E-state index contributed by atoms with van der Waals surface area (Å²) in [5.41, 5.74) is 1.77. The summed E-state index contributed by atoms with van der Waals surface area (Å²) in [6.07, 6.45) is 0. The van der Waals surface area contributed by atoms with E-state index in [-0.39, 0.29) is 18.3 Å². The Morgan fingerprint density at radius 3 is 2.30 bits per heavy atom. The number of amides is 1. The number of hydrogen-bond donors (Lipinski definition) is 1. The zero-order valence-electron chi connectivity index (χ0n) is 13.1. The molecule has 0 aliphatic carbocycles. The Morgan fingerprint density at radius 1 is 1.09 bits per heavy atom. The van der Waals surface area contributed by atoms with Gasteiger partial charge in [-0.1, -0.05) is 12.1 Å². The van der Waals surface area contributed by atoms with Crippen molar-refractivity contribution in [2.75, 3.05) is 26.2 Å². The monoisotopic (exact) mass is 332 g/mol. The lowest BCUT2D eigenvalue weighted by atomic mass is 10.0. The van der Waals surface area contributed by atoms with E-state index >= 15 is 0 Å². The van der Waals surface area contributed by atoms with Crippen LogP contribution in [0.5, 0.6) is 0 Å². The number of nitrogens with one attached hydrogen (secondary N) is 1. The molecule has 1 N–H and O–H groups in total. The largest absolute Gasteiger partial charge is 0.461 e. The van der Waals surface area contributed by atoms with Gasteiger partial charge >= 0.3 is 0 Å². The van der Waals surface area contributed by atoms with E-state index in [0.717, 1.165) is 48.8 Å². The number of benzene rings is 1. The molecule has 1 amide bonds. The van der Waals surface area contributed by atoms with Gasteiger partial charge in [0.2, 0.25) is 0 Å². The highest BCUT2D eigenvalue weighted by Gasteiger charge is 2.38. The number of furan rings is 1. The maximum atomic E-state index is 12.6. The summed E-state index contributed by atoms with van der Waals surface area (Å²) in [5.74, 6) is 3.16. The molecule has 1 aromatic carbocycles. The van der Waals surface area contributed by atoms with Crippen LogP contribution in [0.2, 0.25) is 0 Å². The van der Waals surface area contributed by atoms with Gasteiger partial charge in [0.15, 0.2) is 0 Å². The number of hydrogen-bond acceptors (Lipinski definition) is 3. The lowest BCUT2D eigenvalue weighted by molar-refractivity contribution is 0.0781. The van der Waals surface area contributed by atoms with Crippen LogP contribution < -0.4 is 5.32 Å². The summed E-state index contributed by atoms with van der Waals surface area (Å²) in [6.45, 7) is 5.79. The van der Waals surface area contributed by atoms with Gasteiger partial charge in [-0.3, -0.25) is 4.79 Å². The minimum absolute atomic E-state index is 0. The first kappa shape index (κ1) is 16.1. The Balaban J connectivity index is 0.00000156. The van der Waals surface area contributed by atoms with Gasteiger partial charge in [0, 0.05) is 37.3 Å². The number of carbonyl (C=O) groups is 1. The molecule has 2 saturated heterocycles. The molecule has 2 aliphatic rings. The molecule has 0 spiro atoms. The smallest absolute Gasteiger partial charge is 0.253 e. The van der Waals surface area contributed by atoms with Gasteiger partial charge in [-0.15, -0.1) is 12.4 Å². The second-order valence-corrected chi connectivity index (χ2v) is 6.38. The van der Waals surface area contributed by atoms with Crippen molar-refractivity contribution < 1.29 is 9.21 Å². The average Bonchev–Trinajstić information content (AvgIpc) is 3.22. The molecule has 0 radical (unpaired) electrons. The van der Waals surface area contributed by atoms with Crippen LogP contribution in [0.25, 0.3) is 11.3 Å². The zero-order valence-corrected chi connectivity index (χ0v) is 13.9. The summed E-state index contributed by atoms with van der Waals surface area (Å²) in [7, 11) is 0. The van der Waals surface area contributed by atoms with E-state index in [0.29, 0.717) is 11.8 Å². The van der Waals surface area contributed by atoms with Gasteiger partial charge < -0.3 is 14.6 Å². The van der Waals surface area contributed by atoms with E-state index in [1.165, 1.54) is 0 Å². The fourth-order valence-electron chi connectivity index (χ4n) is 3.57. The van der Waals surface area contributed by atoms with Crippen molar-refractivity contribution in [3.05, 3.63) is 47.7 Å². The van der Waals surface area contributed by atoms with E-state index < -0.39 is 0 Å². The third-order valence-corrected chi connectivity index (χ3v) is 4.83. The molecule has 122 valence electrons. The molecule has 23 heavy (non-hydrogen) atoms. The Hall–Kier alpha value is -1.78. The molecule has 1 aromatic heterocycles. The maximum absolute atomic E-state index is 12.6. The van der Waals surface area contributed by atoms with Gasteiger partial charge in [0.1, 0.15) is 11.5 Å². The second-order valence-electron chi connectivity index (χ2n) is 6.38. The fourth-order valence-corrected chi connectivity index (χ4v) is 3.57. The summed E-state index contributed by atoms with van der Waals surface area (Å²) in [6, 6.07) is 11.6. The highest BCUT2D eigenvalue weighted by Crippen LogP contribution is 2.28. The highest BCUT2D eigenvalue weighted by molar-refractivity contribution is 5.94. The van der Waals surface area contributed by atoms with Crippen molar-refractivity contribution in [3.63, 3.8) is 0 Å². The molecule has 2 fully saturated rings. The van der Waals surface area contributed by atoms with Crippen LogP contribution in [0.3, 0.4) is 0 Å². The van der Waals surface area contributed by atoms with Gasteiger partial charge in [0.05, 0.1) is 0 Å². The molecule has 2 aliphatic heterocycles. The normalized spacial score (nSPS) is 22.7. The van der Waals surface area contributed by atoms with E-state index in [4.69, 9.17) is 4.42 Å². The van der Waals surface area contributed by atoms with E-state index in [9.17, 15) is 4.79 Å². The Kier molecular flexibility index (Phi) is 4.46. The number of halogens is 1. The quantitative estimate of drug-likeness (QED) is 0.919. The van der Waals surface area contributed by atoms with Crippen molar-refractivity contribution in [3.8, 4) is 11.3 Å². The van der Waals surface area contributed by atoms with Crippen molar-refractivity contribution in [1.29, 1.82) is 0 Å². The molecular formula is C18H21ClN2O2. The maximum Gasteiger partial charge on any atom is 0.253 e. The molecule has 0 bridgehead atoms. The standard InChI is InChI=1S/C18H20N2O2.ClH/c1-12-2-7-17(22-12)13-3-5-14(6-4-13)18(21)20-10-15-8-19-9-16(15)11-20;/h2-7,15-16,19H,8-11H2,1H3;1H/t15-,16+;. The summed E-state index contributed by atoms with van der Waals surface area (Å²) < 4.78 is 5.62. The van der Waals surface area contributed by atoms with Crippen LogP contribution in [-0.4, -0.2) is 37.0 Å². The number of carbonyl (C=O) groups excluding carboxylic acids is 1. The van der Waals surface area contributed by atoms with Crippen molar-refractivity contribution in [2.45, 2.75) is 6.92 Å². The molecule has 2 aromatic rings. The number of nitrogens with zero attached hydrogens (tertiary/aromatic N) is 1. The van der Waals surface area contributed by atoms with Crippen molar-refractivity contribution >= 4 is 18.3 Å². The minimum Gasteiger partial charge on any atom is -0.461 e. The van der Waals surface area contributed by atoms with Crippen LogP contribution in [0.1, 0.15) is 16.1 Å². The molecule has 5 heteroatoms. The first-order valence-corrected chi connectivity index (χ1v) is 7.87. The van der Waals surface area contributed by atoms with Crippen LogP contribution >= 0.6 is 12.4 Å².